The normalized spacial score (nSPS) is 16.4. The molecule has 0 atom stereocenters. The average molecular weight is 1010 g/mol. The number of aromatic nitrogens is 1. The maximum absolute atomic E-state index is 6.57. The summed E-state index contributed by atoms with van der Waals surface area (Å²) < 4.78 is 0. The Morgan fingerprint density at radius 1 is 0.532 bits per heavy atom. The summed E-state index contributed by atoms with van der Waals surface area (Å²) in [4.78, 5) is 6.58. The first-order chi connectivity index (χ1) is 36.7. The van der Waals surface area contributed by atoms with Crippen molar-refractivity contribution in [2.45, 2.75) is 150 Å². The Balaban J connectivity index is 1.15. The van der Waals surface area contributed by atoms with E-state index in [4.69, 9.17) is 7.85 Å². The van der Waals surface area contributed by atoms with Crippen LogP contribution in [0, 0.1) is 20.8 Å². The SMILES string of the molecule is [B]c1ccc(N(c2c(C)c(-c3cc(-c4cc5c(cc4C)C(C)(C)CCC5(C)C)c(CCC)cc3Nc3ccc(-c4ccccc4)cc3)cc3c2Cc2ccccc2-3)c2c(C)[nH]c3cc4c(cc23)C(C)(C)CCC4(C)C)cc1. The van der Waals surface area contributed by atoms with Crippen molar-refractivity contribution in [2.24, 2.45) is 0 Å². The van der Waals surface area contributed by atoms with Crippen molar-refractivity contribution >= 4 is 52.6 Å². The van der Waals surface area contributed by atoms with E-state index in [1.165, 1.54) is 136 Å². The van der Waals surface area contributed by atoms with Crippen LogP contribution in [0.25, 0.3) is 55.4 Å². The third kappa shape index (κ3) is 8.66. The number of rotatable bonds is 10. The molecular formula is C73H76BN3. The van der Waals surface area contributed by atoms with Crippen molar-refractivity contribution in [2.75, 3.05) is 10.2 Å². The van der Waals surface area contributed by atoms with Crippen molar-refractivity contribution in [1.82, 2.24) is 4.98 Å². The number of aryl methyl sites for hydroxylation is 3. The van der Waals surface area contributed by atoms with Crippen molar-refractivity contribution in [3.8, 4) is 44.5 Å². The molecule has 77 heavy (non-hydrogen) atoms. The molecule has 2 radical (unpaired) electrons. The highest BCUT2D eigenvalue weighted by molar-refractivity contribution is 6.32. The van der Waals surface area contributed by atoms with Crippen LogP contribution in [0.5, 0.6) is 0 Å². The van der Waals surface area contributed by atoms with Gasteiger partial charge >= 0.3 is 0 Å². The molecule has 4 heteroatoms. The number of nitrogens with one attached hydrogen (secondary N) is 2. The van der Waals surface area contributed by atoms with Crippen LogP contribution < -0.4 is 15.7 Å². The van der Waals surface area contributed by atoms with Gasteiger partial charge in [-0.15, -0.1) is 0 Å². The quantitative estimate of drug-likeness (QED) is 0.134. The van der Waals surface area contributed by atoms with Gasteiger partial charge in [0, 0.05) is 45.6 Å². The zero-order valence-electron chi connectivity index (χ0n) is 47.8. The molecule has 386 valence electrons. The maximum atomic E-state index is 6.57. The van der Waals surface area contributed by atoms with Crippen LogP contribution in [0.1, 0.15) is 150 Å². The molecule has 1 aromatic heterocycles. The molecule has 3 aliphatic carbocycles. The summed E-state index contributed by atoms with van der Waals surface area (Å²) in [6.45, 7) is 28.9. The van der Waals surface area contributed by atoms with Gasteiger partial charge in [-0.05, 0) is 218 Å². The van der Waals surface area contributed by atoms with E-state index >= 15 is 0 Å². The molecule has 0 unspecified atom stereocenters. The highest BCUT2D eigenvalue weighted by Crippen LogP contribution is 2.56. The Kier molecular flexibility index (Phi) is 12.2. The highest BCUT2D eigenvalue weighted by atomic mass is 15.2. The number of aromatic amines is 1. The van der Waals surface area contributed by atoms with Gasteiger partial charge in [0.05, 0.1) is 11.4 Å². The van der Waals surface area contributed by atoms with Crippen molar-refractivity contribution in [1.29, 1.82) is 0 Å². The van der Waals surface area contributed by atoms with Crippen LogP contribution >= 0.6 is 0 Å². The second kappa shape index (κ2) is 18.6. The van der Waals surface area contributed by atoms with Gasteiger partial charge in [0.25, 0.3) is 0 Å². The third-order valence-electron chi connectivity index (χ3n) is 18.7. The van der Waals surface area contributed by atoms with Crippen molar-refractivity contribution in [3.05, 3.63) is 201 Å². The lowest BCUT2D eigenvalue weighted by Gasteiger charge is -2.42. The van der Waals surface area contributed by atoms with Gasteiger partial charge in [-0.25, -0.2) is 0 Å². The molecule has 0 spiro atoms. The Bertz CT molecular complexity index is 3790. The predicted octanol–water partition coefficient (Wildman–Crippen LogP) is 19.3. The largest absolute Gasteiger partial charge is 0.357 e. The minimum atomic E-state index is 0.0432. The summed E-state index contributed by atoms with van der Waals surface area (Å²) >= 11 is 0. The van der Waals surface area contributed by atoms with Gasteiger partial charge in [0.15, 0.2) is 0 Å². The third-order valence-corrected chi connectivity index (χ3v) is 18.7. The lowest BCUT2D eigenvalue weighted by atomic mass is 9.62. The standard InChI is InChI=1S/C73H76BN3/c1-13-19-49-38-66(76-52-28-24-48(25-29-52)47-20-15-14-16-21-47)59(40-57(49)55-41-63-62(36-44(55)2)70(5,6)32-33-71(63,7)8)56-39-58-54-23-18-17-22-50(54)37-60(58)68(45(56)3)77(53-30-26-51(74)27-31-53)69-46(4)75-67-43-65-64(42-61(67)69)72(9,10)34-35-73(65,11)12/h14-18,20-31,36,38-43,75-76H,13,19,32-35,37H2,1-12H3. The molecule has 0 amide bonds. The number of anilines is 5. The molecule has 3 aliphatic rings. The van der Waals surface area contributed by atoms with Crippen LogP contribution in [0.3, 0.4) is 0 Å². The molecule has 0 saturated heterocycles. The van der Waals surface area contributed by atoms with E-state index < -0.39 is 0 Å². The summed E-state index contributed by atoms with van der Waals surface area (Å²) in [7, 11) is 6.57. The minimum absolute atomic E-state index is 0.0432. The number of hydrogen-bond acceptors (Lipinski definition) is 2. The van der Waals surface area contributed by atoms with Crippen molar-refractivity contribution < 1.29 is 0 Å². The fourth-order valence-electron chi connectivity index (χ4n) is 13.9. The molecule has 3 nitrogen and oxygen atoms in total. The zero-order chi connectivity index (χ0) is 53.9. The topological polar surface area (TPSA) is 31.1 Å². The lowest BCUT2D eigenvalue weighted by Crippen LogP contribution is -2.34. The molecule has 1 heterocycles. The first-order valence-electron chi connectivity index (χ1n) is 28.6. The van der Waals surface area contributed by atoms with Gasteiger partial charge in [0.2, 0.25) is 0 Å². The minimum Gasteiger partial charge on any atom is -0.357 e. The van der Waals surface area contributed by atoms with E-state index in [1.807, 2.05) is 0 Å². The lowest BCUT2D eigenvalue weighted by molar-refractivity contribution is 0.332. The van der Waals surface area contributed by atoms with Gasteiger partial charge in [0.1, 0.15) is 7.85 Å². The highest BCUT2D eigenvalue weighted by Gasteiger charge is 2.40. The van der Waals surface area contributed by atoms with E-state index in [9.17, 15) is 0 Å². The molecular weight excluding hydrogens is 930 g/mol. The van der Waals surface area contributed by atoms with Crippen molar-refractivity contribution in [3.63, 3.8) is 0 Å². The Morgan fingerprint density at radius 3 is 1.78 bits per heavy atom. The smallest absolute Gasteiger partial charge is 0.113 e. The van der Waals surface area contributed by atoms with E-state index in [0.29, 0.717) is 0 Å². The number of H-pyrrole nitrogens is 1. The Labute approximate surface area is 461 Å². The predicted molar refractivity (Wildman–Crippen MR) is 331 cm³/mol. The van der Waals surface area contributed by atoms with E-state index in [2.05, 4.69) is 244 Å². The van der Waals surface area contributed by atoms with Gasteiger partial charge in [-0.1, -0.05) is 165 Å². The number of nitrogens with zero attached hydrogens (tertiary/aromatic N) is 1. The van der Waals surface area contributed by atoms with Crippen LogP contribution in [-0.2, 0) is 34.5 Å². The van der Waals surface area contributed by atoms with Crippen LogP contribution in [0.4, 0.5) is 28.4 Å². The molecule has 12 rings (SSSR count). The van der Waals surface area contributed by atoms with Gasteiger partial charge in [-0.2, -0.15) is 0 Å². The molecule has 9 aromatic rings. The number of benzene rings is 8. The fraction of sp³-hybridized carbons (Fsp3) is 0.315. The Hall–Kier alpha value is -7.04. The second-order valence-electron chi connectivity index (χ2n) is 25.8. The molecule has 0 fully saturated rings. The molecule has 8 aromatic carbocycles. The van der Waals surface area contributed by atoms with E-state index in [0.717, 1.165) is 53.9 Å². The first kappa shape index (κ1) is 50.8. The summed E-state index contributed by atoms with van der Waals surface area (Å²) in [5.41, 5.74) is 31.7. The van der Waals surface area contributed by atoms with E-state index in [-0.39, 0.29) is 21.7 Å². The summed E-state index contributed by atoms with van der Waals surface area (Å²) in [6, 6.07) is 55.2. The molecule has 0 aliphatic heterocycles. The van der Waals surface area contributed by atoms with Gasteiger partial charge < -0.3 is 15.2 Å². The summed E-state index contributed by atoms with van der Waals surface area (Å²) in [5, 5.41) is 5.34. The van der Waals surface area contributed by atoms with E-state index in [1.54, 1.807) is 0 Å². The maximum Gasteiger partial charge on any atom is 0.113 e. The number of hydrogen-bond donors (Lipinski definition) is 2. The van der Waals surface area contributed by atoms with Crippen LogP contribution in [-0.4, -0.2) is 12.8 Å². The average Bonchev–Trinajstić information content (AvgIpc) is 4.04. The summed E-state index contributed by atoms with van der Waals surface area (Å²) in [6.07, 6.45) is 7.53. The molecule has 0 bridgehead atoms. The van der Waals surface area contributed by atoms with Crippen LogP contribution in [0.2, 0.25) is 0 Å². The monoisotopic (exact) mass is 1010 g/mol. The van der Waals surface area contributed by atoms with Crippen LogP contribution in [0.15, 0.2) is 146 Å². The molecule has 0 saturated carbocycles. The number of fused-ring (bicyclic) bond motifs is 6. The fourth-order valence-corrected chi connectivity index (χ4v) is 13.9. The first-order valence-corrected chi connectivity index (χ1v) is 28.6. The summed E-state index contributed by atoms with van der Waals surface area (Å²) in [5.74, 6) is 0. The second-order valence-corrected chi connectivity index (χ2v) is 25.8. The Morgan fingerprint density at radius 2 is 1.12 bits per heavy atom. The zero-order valence-corrected chi connectivity index (χ0v) is 47.8. The molecule has 2 N–H and O–H groups in total. The van der Waals surface area contributed by atoms with Gasteiger partial charge in [-0.3, -0.25) is 0 Å².